The van der Waals surface area contributed by atoms with Crippen LogP contribution in [0.4, 0.5) is 0 Å². The molecule has 2 aromatic rings. The van der Waals surface area contributed by atoms with Gasteiger partial charge in [-0.2, -0.15) is 0 Å². The highest BCUT2D eigenvalue weighted by Crippen LogP contribution is 2.33. The number of likely N-dealkylation sites (N-methyl/N-ethyl adjacent to an activating group) is 1. The van der Waals surface area contributed by atoms with E-state index >= 15 is 0 Å². The molecule has 1 amide bonds. The number of nitrogens with zero attached hydrogens (tertiary/aromatic N) is 2. The summed E-state index contributed by atoms with van der Waals surface area (Å²) in [4.78, 5) is 27.0. The molecule has 152 valence electrons. The molecular weight excluding hydrogens is 364 g/mol. The molecule has 3 rings (SSSR count). The Morgan fingerprint density at radius 2 is 1.79 bits per heavy atom. The number of ether oxygens (including phenoxy) is 1. The van der Waals surface area contributed by atoms with Gasteiger partial charge >= 0.3 is 5.97 Å². The Balaban J connectivity index is 2.18. The monoisotopic (exact) mass is 392 g/mol. The highest BCUT2D eigenvalue weighted by Gasteiger charge is 2.36. The van der Waals surface area contributed by atoms with E-state index in [2.05, 4.69) is 42.7 Å². The highest BCUT2D eigenvalue weighted by atomic mass is 16.5. The van der Waals surface area contributed by atoms with E-state index in [0.29, 0.717) is 23.4 Å². The average molecular weight is 392 g/mol. The topological polar surface area (TPSA) is 51.5 Å². The van der Waals surface area contributed by atoms with Crippen LogP contribution in [0.1, 0.15) is 41.9 Å². The quantitative estimate of drug-likeness (QED) is 0.572. The van der Waals surface area contributed by atoms with Crippen LogP contribution in [-0.4, -0.2) is 35.0 Å². The lowest BCUT2D eigenvalue weighted by Crippen LogP contribution is -2.24. The Morgan fingerprint density at radius 3 is 2.41 bits per heavy atom. The SMILES string of the molecule is CCN1C(=O)C(=Cc2cc(C)n(-c3cc(C)ccc3C)c2C)C(C(=O)OC)=C1C. The van der Waals surface area contributed by atoms with Gasteiger partial charge in [0.25, 0.3) is 5.91 Å². The fourth-order valence-corrected chi connectivity index (χ4v) is 4.03. The molecule has 1 aliphatic heterocycles. The van der Waals surface area contributed by atoms with Crippen molar-refractivity contribution in [2.75, 3.05) is 13.7 Å². The number of carbonyl (C=O) groups is 2. The Bertz CT molecular complexity index is 1070. The van der Waals surface area contributed by atoms with Gasteiger partial charge in [-0.15, -0.1) is 0 Å². The predicted molar refractivity (Wildman–Crippen MR) is 115 cm³/mol. The lowest BCUT2D eigenvalue weighted by Gasteiger charge is -2.14. The van der Waals surface area contributed by atoms with Gasteiger partial charge in [0.2, 0.25) is 0 Å². The van der Waals surface area contributed by atoms with E-state index in [1.807, 2.05) is 26.8 Å². The zero-order chi connectivity index (χ0) is 21.5. The second kappa shape index (κ2) is 7.74. The maximum absolute atomic E-state index is 13.0. The van der Waals surface area contributed by atoms with Gasteiger partial charge in [0.15, 0.2) is 0 Å². The third kappa shape index (κ3) is 3.41. The van der Waals surface area contributed by atoms with Gasteiger partial charge < -0.3 is 14.2 Å². The molecule has 2 heterocycles. The molecule has 0 bridgehead atoms. The van der Waals surface area contributed by atoms with Crippen LogP contribution in [0.3, 0.4) is 0 Å². The molecule has 0 N–H and O–H groups in total. The molecule has 5 heteroatoms. The van der Waals surface area contributed by atoms with Crippen LogP contribution >= 0.6 is 0 Å². The molecule has 1 aliphatic rings. The predicted octanol–water partition coefficient (Wildman–Crippen LogP) is 4.40. The lowest BCUT2D eigenvalue weighted by atomic mass is 10.0. The first-order chi connectivity index (χ1) is 13.7. The van der Waals surface area contributed by atoms with Gasteiger partial charge in [0.1, 0.15) is 0 Å². The largest absolute Gasteiger partial charge is 0.465 e. The summed E-state index contributed by atoms with van der Waals surface area (Å²) in [6.07, 6.45) is 1.82. The third-order valence-electron chi connectivity index (χ3n) is 5.59. The zero-order valence-corrected chi connectivity index (χ0v) is 18.2. The van der Waals surface area contributed by atoms with Crippen molar-refractivity contribution in [2.24, 2.45) is 0 Å². The number of amides is 1. The van der Waals surface area contributed by atoms with Gasteiger partial charge in [-0.1, -0.05) is 12.1 Å². The summed E-state index contributed by atoms with van der Waals surface area (Å²) < 4.78 is 7.14. The van der Waals surface area contributed by atoms with Gasteiger partial charge in [-0.3, -0.25) is 4.79 Å². The van der Waals surface area contributed by atoms with E-state index in [4.69, 9.17) is 4.74 Å². The number of rotatable bonds is 4. The molecule has 0 unspecified atom stereocenters. The van der Waals surface area contributed by atoms with Crippen molar-refractivity contribution in [1.82, 2.24) is 9.47 Å². The molecule has 0 radical (unpaired) electrons. The molecule has 5 nitrogen and oxygen atoms in total. The van der Waals surface area contributed by atoms with Crippen molar-refractivity contribution in [3.8, 4) is 5.69 Å². The summed E-state index contributed by atoms with van der Waals surface area (Å²) in [6, 6.07) is 8.43. The van der Waals surface area contributed by atoms with Crippen molar-refractivity contribution < 1.29 is 14.3 Å². The summed E-state index contributed by atoms with van der Waals surface area (Å²) in [5.41, 5.74) is 7.86. The summed E-state index contributed by atoms with van der Waals surface area (Å²) in [6.45, 7) is 12.4. The standard InChI is InChI=1S/C24H28N2O3/c1-8-25-18(6)22(24(28)29-7)20(23(25)27)13-19-12-16(4)26(17(19)5)21-11-14(2)9-10-15(21)3/h9-13H,8H2,1-7H3. The molecule has 1 aromatic heterocycles. The lowest BCUT2D eigenvalue weighted by molar-refractivity contribution is -0.136. The number of methoxy groups -OCH3 is 1. The molecule has 0 atom stereocenters. The van der Waals surface area contributed by atoms with E-state index in [1.165, 1.54) is 18.2 Å². The number of hydrogen-bond donors (Lipinski definition) is 0. The normalized spacial score (nSPS) is 15.6. The zero-order valence-electron chi connectivity index (χ0n) is 18.2. The van der Waals surface area contributed by atoms with E-state index in [0.717, 1.165) is 22.6 Å². The van der Waals surface area contributed by atoms with Gasteiger partial charge in [0.05, 0.1) is 18.3 Å². The molecule has 29 heavy (non-hydrogen) atoms. The van der Waals surface area contributed by atoms with E-state index < -0.39 is 5.97 Å². The molecule has 1 aromatic carbocycles. The smallest absolute Gasteiger partial charge is 0.340 e. The number of benzene rings is 1. The number of aromatic nitrogens is 1. The van der Waals surface area contributed by atoms with Gasteiger partial charge in [0, 0.05) is 29.3 Å². The molecule has 0 spiro atoms. The number of esters is 1. The molecule has 0 fully saturated rings. The number of carbonyl (C=O) groups excluding carboxylic acids is 2. The summed E-state index contributed by atoms with van der Waals surface area (Å²) in [5.74, 6) is -0.650. The van der Waals surface area contributed by atoms with E-state index in [9.17, 15) is 9.59 Å². The second-order valence-corrected chi connectivity index (χ2v) is 7.51. The summed E-state index contributed by atoms with van der Waals surface area (Å²) in [5, 5.41) is 0. The number of aryl methyl sites for hydroxylation is 3. The van der Waals surface area contributed by atoms with Crippen molar-refractivity contribution in [3.05, 3.63) is 69.2 Å². The Kier molecular flexibility index (Phi) is 5.51. The van der Waals surface area contributed by atoms with Crippen LogP contribution in [0.2, 0.25) is 0 Å². The van der Waals surface area contributed by atoms with Crippen LogP contribution in [0, 0.1) is 27.7 Å². The maximum Gasteiger partial charge on any atom is 0.340 e. The molecule has 0 saturated carbocycles. The van der Waals surface area contributed by atoms with Gasteiger partial charge in [-0.25, -0.2) is 4.79 Å². The van der Waals surface area contributed by atoms with Crippen molar-refractivity contribution in [3.63, 3.8) is 0 Å². The fourth-order valence-electron chi connectivity index (χ4n) is 4.03. The summed E-state index contributed by atoms with van der Waals surface area (Å²) >= 11 is 0. The molecule has 0 saturated heterocycles. The van der Waals surface area contributed by atoms with Gasteiger partial charge in [-0.05, 0) is 76.4 Å². The first-order valence-corrected chi connectivity index (χ1v) is 9.80. The Morgan fingerprint density at radius 1 is 1.10 bits per heavy atom. The fraction of sp³-hybridized carbons (Fsp3) is 0.333. The minimum absolute atomic E-state index is 0.165. The van der Waals surface area contributed by atoms with Crippen LogP contribution in [-0.2, 0) is 14.3 Å². The maximum atomic E-state index is 13.0. The minimum atomic E-state index is -0.485. The third-order valence-corrected chi connectivity index (χ3v) is 5.59. The average Bonchev–Trinajstić information content (AvgIpc) is 3.09. The summed E-state index contributed by atoms with van der Waals surface area (Å²) in [7, 11) is 1.34. The van der Waals surface area contributed by atoms with Crippen LogP contribution in [0.15, 0.2) is 41.1 Å². The minimum Gasteiger partial charge on any atom is -0.465 e. The Labute approximate surface area is 172 Å². The van der Waals surface area contributed by atoms with Crippen LogP contribution in [0.5, 0.6) is 0 Å². The van der Waals surface area contributed by atoms with Crippen LogP contribution in [0.25, 0.3) is 11.8 Å². The van der Waals surface area contributed by atoms with E-state index in [-0.39, 0.29) is 5.91 Å². The number of hydrogen-bond acceptors (Lipinski definition) is 3. The van der Waals surface area contributed by atoms with Crippen LogP contribution < -0.4 is 0 Å². The number of allylic oxidation sites excluding steroid dienone is 1. The Hall–Kier alpha value is -3.08. The van der Waals surface area contributed by atoms with Crippen molar-refractivity contribution in [2.45, 2.75) is 41.5 Å². The first-order valence-electron chi connectivity index (χ1n) is 9.80. The highest BCUT2D eigenvalue weighted by molar-refractivity contribution is 6.16. The van der Waals surface area contributed by atoms with E-state index in [1.54, 1.807) is 11.8 Å². The van der Waals surface area contributed by atoms with Crippen molar-refractivity contribution >= 4 is 18.0 Å². The molecular formula is C24H28N2O3. The first kappa shape index (κ1) is 20.6. The molecule has 0 aliphatic carbocycles. The second-order valence-electron chi connectivity index (χ2n) is 7.51. The van der Waals surface area contributed by atoms with Crippen molar-refractivity contribution in [1.29, 1.82) is 0 Å².